The molecule has 0 aliphatic heterocycles. The Kier molecular flexibility index (Phi) is 68.6. The van der Waals surface area contributed by atoms with Crippen molar-refractivity contribution in [3.63, 3.8) is 0 Å². The lowest BCUT2D eigenvalue weighted by molar-refractivity contribution is -0.166. The molecule has 0 fully saturated rings. The zero-order chi connectivity index (χ0) is 59.9. The van der Waals surface area contributed by atoms with E-state index < -0.39 is 6.10 Å². The van der Waals surface area contributed by atoms with E-state index >= 15 is 0 Å². The molecule has 6 heteroatoms. The van der Waals surface area contributed by atoms with Gasteiger partial charge in [-0.15, -0.1) is 0 Å². The molecule has 0 aromatic carbocycles. The first kappa shape index (κ1) is 79.8. The summed E-state index contributed by atoms with van der Waals surface area (Å²) in [4.78, 5) is 38.4. The summed E-state index contributed by atoms with van der Waals surface area (Å²) in [6.07, 6.45) is 94.0. The Hall–Kier alpha value is -3.15. The average molecular weight is 1160 g/mol. The number of ether oxygens (including phenoxy) is 3. The lowest BCUT2D eigenvalue weighted by Crippen LogP contribution is -2.30. The summed E-state index contributed by atoms with van der Waals surface area (Å²) in [5.74, 6) is -0.964. The second kappa shape index (κ2) is 71.3. The van der Waals surface area contributed by atoms with Crippen LogP contribution in [0.4, 0.5) is 0 Å². The second-order valence-electron chi connectivity index (χ2n) is 24.5. The number of hydrogen-bond donors (Lipinski definition) is 0. The zero-order valence-electron chi connectivity index (χ0n) is 55.5. The number of hydrogen-bond acceptors (Lipinski definition) is 6. The molecular formula is C77H138O6. The summed E-state index contributed by atoms with van der Waals surface area (Å²) in [7, 11) is 0. The third-order valence-corrected chi connectivity index (χ3v) is 16.2. The van der Waals surface area contributed by atoms with Gasteiger partial charge in [-0.05, 0) is 57.8 Å². The zero-order valence-corrected chi connectivity index (χ0v) is 55.5. The predicted molar refractivity (Wildman–Crippen MR) is 362 cm³/mol. The van der Waals surface area contributed by atoms with Crippen LogP contribution in [0.5, 0.6) is 0 Å². The summed E-state index contributed by atoms with van der Waals surface area (Å²) in [6.45, 7) is 6.53. The summed E-state index contributed by atoms with van der Waals surface area (Å²) in [5, 5.41) is 0. The van der Waals surface area contributed by atoms with E-state index in [2.05, 4.69) is 87.6 Å². The molecule has 0 rings (SSSR count). The van der Waals surface area contributed by atoms with Gasteiger partial charge in [0.2, 0.25) is 0 Å². The average Bonchev–Trinajstić information content (AvgIpc) is 3.49. The van der Waals surface area contributed by atoms with Crippen LogP contribution in [-0.2, 0) is 28.6 Å². The first-order valence-corrected chi connectivity index (χ1v) is 36.4. The Balaban J connectivity index is 4.22. The van der Waals surface area contributed by atoms with Gasteiger partial charge in [-0.2, -0.15) is 0 Å². The fraction of sp³-hybridized carbons (Fsp3) is 0.805. The van der Waals surface area contributed by atoms with Gasteiger partial charge in [-0.3, -0.25) is 14.4 Å². The Bertz CT molecular complexity index is 1520. The van der Waals surface area contributed by atoms with Gasteiger partial charge in [0.25, 0.3) is 0 Å². The van der Waals surface area contributed by atoms with Crippen molar-refractivity contribution in [1.29, 1.82) is 0 Å². The molecule has 6 nitrogen and oxygen atoms in total. The molecule has 0 aromatic rings. The number of allylic oxidation sites excluding steroid dienone is 12. The molecule has 83 heavy (non-hydrogen) atoms. The highest BCUT2D eigenvalue weighted by Crippen LogP contribution is 2.19. The molecule has 482 valence electrons. The van der Waals surface area contributed by atoms with Crippen molar-refractivity contribution >= 4 is 17.9 Å². The van der Waals surface area contributed by atoms with Crippen molar-refractivity contribution < 1.29 is 28.6 Å². The third-order valence-electron chi connectivity index (χ3n) is 16.2. The summed E-state index contributed by atoms with van der Waals surface area (Å²) >= 11 is 0. The lowest BCUT2D eigenvalue weighted by Gasteiger charge is -2.18. The van der Waals surface area contributed by atoms with Gasteiger partial charge in [-0.25, -0.2) is 0 Å². The summed E-state index contributed by atoms with van der Waals surface area (Å²) in [6, 6.07) is 0. The molecular weight excluding hydrogens is 1020 g/mol. The van der Waals surface area contributed by atoms with E-state index in [-0.39, 0.29) is 37.5 Å². The minimum absolute atomic E-state index is 0.101. The number of rotatable bonds is 67. The molecule has 0 aromatic heterocycles. The number of carbonyl (C=O) groups excluding carboxylic acids is 3. The maximum atomic E-state index is 12.9. The van der Waals surface area contributed by atoms with E-state index in [1.165, 1.54) is 257 Å². The van der Waals surface area contributed by atoms with Gasteiger partial charge in [-0.1, -0.05) is 376 Å². The van der Waals surface area contributed by atoms with Gasteiger partial charge in [0, 0.05) is 19.3 Å². The van der Waals surface area contributed by atoms with Crippen molar-refractivity contribution in [3.05, 3.63) is 72.9 Å². The highest BCUT2D eigenvalue weighted by molar-refractivity contribution is 5.71. The van der Waals surface area contributed by atoms with Crippen molar-refractivity contribution in [2.45, 2.75) is 386 Å². The van der Waals surface area contributed by atoms with Crippen LogP contribution in [0, 0.1) is 0 Å². The van der Waals surface area contributed by atoms with Crippen LogP contribution < -0.4 is 0 Å². The molecule has 0 amide bonds. The summed E-state index contributed by atoms with van der Waals surface area (Å²) < 4.78 is 16.9. The Morgan fingerprint density at radius 3 is 0.711 bits per heavy atom. The van der Waals surface area contributed by atoms with Crippen molar-refractivity contribution in [2.75, 3.05) is 13.2 Å². The van der Waals surface area contributed by atoms with Crippen LogP contribution in [-0.4, -0.2) is 37.2 Å². The van der Waals surface area contributed by atoms with E-state index in [0.717, 1.165) is 77.0 Å². The number of carbonyl (C=O) groups is 3. The van der Waals surface area contributed by atoms with Crippen LogP contribution in [0.3, 0.4) is 0 Å². The Morgan fingerprint density at radius 2 is 0.470 bits per heavy atom. The van der Waals surface area contributed by atoms with Gasteiger partial charge >= 0.3 is 17.9 Å². The van der Waals surface area contributed by atoms with Crippen molar-refractivity contribution in [1.82, 2.24) is 0 Å². The van der Waals surface area contributed by atoms with Crippen LogP contribution in [0.2, 0.25) is 0 Å². The minimum atomic E-state index is -0.815. The quantitative estimate of drug-likeness (QED) is 0.0261. The monoisotopic (exact) mass is 1160 g/mol. The largest absolute Gasteiger partial charge is 0.462 e. The van der Waals surface area contributed by atoms with Crippen LogP contribution in [0.1, 0.15) is 380 Å². The van der Waals surface area contributed by atoms with E-state index in [1.54, 1.807) is 0 Å². The van der Waals surface area contributed by atoms with E-state index in [4.69, 9.17) is 14.2 Å². The lowest BCUT2D eigenvalue weighted by atomic mass is 10.0. The third kappa shape index (κ3) is 69.5. The second-order valence-corrected chi connectivity index (χ2v) is 24.5. The van der Waals surface area contributed by atoms with E-state index in [9.17, 15) is 14.4 Å². The molecule has 0 aliphatic carbocycles. The maximum Gasteiger partial charge on any atom is 0.306 e. The van der Waals surface area contributed by atoms with E-state index in [1.807, 2.05) is 6.08 Å². The topological polar surface area (TPSA) is 78.9 Å². The number of esters is 3. The molecule has 0 saturated heterocycles. The fourth-order valence-electron chi connectivity index (χ4n) is 10.8. The van der Waals surface area contributed by atoms with E-state index in [0.29, 0.717) is 19.3 Å². The number of unbranched alkanes of at least 4 members (excludes halogenated alkanes) is 44. The predicted octanol–water partition coefficient (Wildman–Crippen LogP) is 25.2. The van der Waals surface area contributed by atoms with Gasteiger partial charge in [0.1, 0.15) is 13.2 Å². The summed E-state index contributed by atoms with van der Waals surface area (Å²) in [5.41, 5.74) is 0. The highest BCUT2D eigenvalue weighted by Gasteiger charge is 2.19. The van der Waals surface area contributed by atoms with Crippen LogP contribution >= 0.6 is 0 Å². The van der Waals surface area contributed by atoms with Gasteiger partial charge < -0.3 is 14.2 Å². The molecule has 0 bridgehead atoms. The molecule has 0 radical (unpaired) electrons. The van der Waals surface area contributed by atoms with Gasteiger partial charge in [0.05, 0.1) is 0 Å². The molecule has 1 unspecified atom stereocenters. The Morgan fingerprint density at radius 1 is 0.253 bits per heavy atom. The maximum absolute atomic E-state index is 12.9. The minimum Gasteiger partial charge on any atom is -0.462 e. The SMILES string of the molecule is CC/C=C\C/C=C\C/C=C\C/C=C\C/C=C\C/C=C\CCC(=O)OC(COC(=O)CCCCCCCCCCCCCCCC)COC(=O)CCCCCCCCCCCCCCCCCCCCCCCCCCCCCCCCCC. The molecule has 0 aliphatic rings. The van der Waals surface area contributed by atoms with Gasteiger partial charge in [0.15, 0.2) is 6.10 Å². The van der Waals surface area contributed by atoms with Crippen LogP contribution in [0.15, 0.2) is 72.9 Å². The first-order valence-electron chi connectivity index (χ1n) is 36.4. The molecule has 0 saturated carbocycles. The van der Waals surface area contributed by atoms with Crippen molar-refractivity contribution in [3.8, 4) is 0 Å². The standard InChI is InChI=1S/C77H138O6/c1-4-7-10-13-16-19-22-25-28-30-32-33-34-35-36-37-38-39-40-41-42-43-44-46-47-49-52-55-58-61-64-67-70-76(79)82-73-74(72-81-75(78)69-66-63-60-57-54-51-27-24-21-18-15-12-9-6-3)83-77(80)71-68-65-62-59-56-53-50-48-45-31-29-26-23-20-17-14-11-8-5-2/h8,11,17,20,26,29,45,48,53,56,62,65,74H,4-7,9-10,12-16,18-19,21-25,27-28,30-44,46-47,49-52,54-55,57-61,63-64,66-73H2,1-3H3/b11-8-,20-17-,29-26-,48-45-,56-53-,65-62-. The highest BCUT2D eigenvalue weighted by atomic mass is 16.6. The molecule has 1 atom stereocenters. The smallest absolute Gasteiger partial charge is 0.306 e. The first-order chi connectivity index (χ1) is 41.0. The molecule has 0 N–H and O–H groups in total. The normalized spacial score (nSPS) is 12.5. The van der Waals surface area contributed by atoms with Crippen molar-refractivity contribution in [2.24, 2.45) is 0 Å². The molecule has 0 spiro atoms. The van der Waals surface area contributed by atoms with Crippen LogP contribution in [0.25, 0.3) is 0 Å². The Labute approximate surface area is 516 Å². The fourth-order valence-corrected chi connectivity index (χ4v) is 10.8. The molecule has 0 heterocycles.